The minimum atomic E-state index is -1.18. The molecule has 0 spiro atoms. The molecule has 0 saturated carbocycles. The van der Waals surface area contributed by atoms with E-state index in [1.165, 1.54) is 6.08 Å². The Hall–Kier alpha value is -3.81. The van der Waals surface area contributed by atoms with Gasteiger partial charge in [-0.15, -0.1) is 0 Å². The summed E-state index contributed by atoms with van der Waals surface area (Å²) in [5.74, 6) is 0.541. The normalized spacial score (nSPS) is 20.2. The lowest BCUT2D eigenvalue weighted by molar-refractivity contribution is -0.123. The summed E-state index contributed by atoms with van der Waals surface area (Å²) < 4.78 is 10.6. The summed E-state index contributed by atoms with van der Waals surface area (Å²) in [5.41, 5.74) is 0.688. The number of fused-ring (bicyclic) bond motifs is 1. The molecule has 2 aromatic carbocycles. The number of benzene rings is 2. The van der Waals surface area contributed by atoms with Crippen LogP contribution in [0.2, 0.25) is 0 Å². The van der Waals surface area contributed by atoms with Crippen molar-refractivity contribution in [2.75, 3.05) is 12.1 Å². The molecule has 0 aromatic heterocycles. The van der Waals surface area contributed by atoms with Crippen LogP contribution < -0.4 is 25.4 Å². The maximum Gasteiger partial charge on any atom is 0.322 e. The molecule has 1 fully saturated rings. The Morgan fingerprint density at radius 3 is 2.75 bits per heavy atom. The lowest BCUT2D eigenvalue weighted by atomic mass is 9.92. The van der Waals surface area contributed by atoms with Gasteiger partial charge in [0.05, 0.1) is 0 Å². The zero-order valence-electron chi connectivity index (χ0n) is 14.9. The second-order valence-electron chi connectivity index (χ2n) is 6.55. The molecular formula is C20H17N3O5. The molecule has 1 saturated heterocycles. The van der Waals surface area contributed by atoms with Crippen molar-refractivity contribution in [1.29, 1.82) is 0 Å². The average molecular weight is 379 g/mol. The number of imide groups is 1. The molecule has 4 amide bonds. The van der Waals surface area contributed by atoms with Gasteiger partial charge in [-0.1, -0.05) is 18.2 Å². The van der Waals surface area contributed by atoms with Crippen LogP contribution in [0.25, 0.3) is 6.08 Å². The summed E-state index contributed by atoms with van der Waals surface area (Å²) >= 11 is 0. The fraction of sp³-hybridized carbons (Fsp3) is 0.150. The first-order valence-corrected chi connectivity index (χ1v) is 8.57. The average Bonchev–Trinajstić information content (AvgIpc) is 3.24. The molecule has 2 aromatic rings. The number of amides is 4. The minimum Gasteiger partial charge on any atom is -0.454 e. The van der Waals surface area contributed by atoms with Gasteiger partial charge in [0.25, 0.3) is 5.91 Å². The second kappa shape index (κ2) is 6.73. The van der Waals surface area contributed by atoms with Gasteiger partial charge in [0.15, 0.2) is 11.5 Å². The van der Waals surface area contributed by atoms with Crippen LogP contribution in [-0.4, -0.2) is 24.6 Å². The maximum atomic E-state index is 12.2. The predicted octanol–water partition coefficient (Wildman–Crippen LogP) is 2.12. The van der Waals surface area contributed by atoms with E-state index in [9.17, 15) is 14.4 Å². The van der Waals surface area contributed by atoms with Crippen LogP contribution in [0.3, 0.4) is 0 Å². The van der Waals surface area contributed by atoms with Crippen LogP contribution >= 0.6 is 0 Å². The Labute approximate surface area is 160 Å². The molecule has 8 heteroatoms. The smallest absolute Gasteiger partial charge is 0.322 e. The van der Waals surface area contributed by atoms with E-state index in [1.54, 1.807) is 49.4 Å². The van der Waals surface area contributed by atoms with Crippen molar-refractivity contribution in [3.63, 3.8) is 0 Å². The fourth-order valence-corrected chi connectivity index (χ4v) is 3.03. The van der Waals surface area contributed by atoms with E-state index in [2.05, 4.69) is 16.0 Å². The third-order valence-corrected chi connectivity index (χ3v) is 4.58. The molecule has 1 atom stereocenters. The second-order valence-corrected chi connectivity index (χ2v) is 6.55. The summed E-state index contributed by atoms with van der Waals surface area (Å²) in [6, 6.07) is 11.6. The Kier molecular flexibility index (Phi) is 4.23. The summed E-state index contributed by atoms with van der Waals surface area (Å²) in [6.45, 7) is 1.80. The molecule has 142 valence electrons. The maximum absolute atomic E-state index is 12.2. The van der Waals surface area contributed by atoms with Crippen molar-refractivity contribution in [2.45, 2.75) is 12.5 Å². The van der Waals surface area contributed by atoms with Gasteiger partial charge in [0, 0.05) is 11.8 Å². The number of hydrogen-bond donors (Lipinski definition) is 3. The molecule has 4 rings (SSSR count). The van der Waals surface area contributed by atoms with Crippen molar-refractivity contribution >= 4 is 29.6 Å². The monoisotopic (exact) mass is 379 g/mol. The number of carbonyl (C=O) groups is 3. The van der Waals surface area contributed by atoms with Crippen LogP contribution in [0.4, 0.5) is 10.5 Å². The molecule has 0 aliphatic carbocycles. The van der Waals surface area contributed by atoms with Crippen LogP contribution in [0.5, 0.6) is 11.5 Å². The van der Waals surface area contributed by atoms with Crippen LogP contribution in [0.1, 0.15) is 18.1 Å². The zero-order chi connectivity index (χ0) is 19.7. The molecule has 28 heavy (non-hydrogen) atoms. The molecule has 0 bridgehead atoms. The number of anilines is 1. The van der Waals surface area contributed by atoms with Gasteiger partial charge in [0.1, 0.15) is 5.54 Å². The Morgan fingerprint density at radius 2 is 1.96 bits per heavy atom. The van der Waals surface area contributed by atoms with Crippen molar-refractivity contribution in [3.8, 4) is 11.5 Å². The van der Waals surface area contributed by atoms with Crippen molar-refractivity contribution < 1.29 is 23.9 Å². The highest BCUT2D eigenvalue weighted by Gasteiger charge is 2.43. The lowest BCUT2D eigenvalue weighted by Crippen LogP contribution is -2.40. The van der Waals surface area contributed by atoms with Crippen molar-refractivity contribution in [3.05, 3.63) is 59.7 Å². The van der Waals surface area contributed by atoms with E-state index in [0.29, 0.717) is 22.7 Å². The van der Waals surface area contributed by atoms with Gasteiger partial charge in [-0.05, 0) is 48.4 Å². The zero-order valence-corrected chi connectivity index (χ0v) is 14.9. The SMILES string of the molecule is CC1(c2cccc(NC(=O)/C=C/c3ccc4c(c3)OCO4)c2)NC(=O)NC1=O. The Morgan fingerprint density at radius 1 is 1.14 bits per heavy atom. The first-order chi connectivity index (χ1) is 13.4. The number of hydrogen-bond acceptors (Lipinski definition) is 5. The van der Waals surface area contributed by atoms with Crippen LogP contribution in [0.15, 0.2) is 48.5 Å². The van der Waals surface area contributed by atoms with Gasteiger partial charge in [0.2, 0.25) is 12.7 Å². The summed E-state index contributed by atoms with van der Waals surface area (Å²) in [4.78, 5) is 35.8. The summed E-state index contributed by atoms with van der Waals surface area (Å²) in [7, 11) is 0. The van der Waals surface area contributed by atoms with E-state index in [4.69, 9.17) is 9.47 Å². The highest BCUT2D eigenvalue weighted by atomic mass is 16.7. The largest absolute Gasteiger partial charge is 0.454 e. The van der Waals surface area contributed by atoms with Crippen molar-refractivity contribution in [1.82, 2.24) is 10.6 Å². The Balaban J connectivity index is 1.46. The molecule has 8 nitrogen and oxygen atoms in total. The standard InChI is InChI=1S/C20H17N3O5/c1-20(18(25)22-19(26)23-20)13-3-2-4-14(10-13)21-17(24)8-6-12-5-7-15-16(9-12)28-11-27-15/h2-10H,11H2,1H3,(H,21,24)(H2,22,23,25,26)/b8-6+. The number of urea groups is 1. The lowest BCUT2D eigenvalue weighted by Gasteiger charge is -2.21. The number of nitrogens with one attached hydrogen (secondary N) is 3. The van der Waals surface area contributed by atoms with E-state index in [1.807, 2.05) is 6.07 Å². The fourth-order valence-electron chi connectivity index (χ4n) is 3.03. The molecule has 2 heterocycles. The third kappa shape index (κ3) is 3.27. The third-order valence-electron chi connectivity index (χ3n) is 4.58. The topological polar surface area (TPSA) is 106 Å². The van der Waals surface area contributed by atoms with E-state index < -0.39 is 17.5 Å². The van der Waals surface area contributed by atoms with Crippen molar-refractivity contribution in [2.24, 2.45) is 0 Å². The van der Waals surface area contributed by atoms with Gasteiger partial charge in [-0.2, -0.15) is 0 Å². The van der Waals surface area contributed by atoms with Crippen LogP contribution in [-0.2, 0) is 15.1 Å². The number of ether oxygens (including phenoxy) is 2. The van der Waals surface area contributed by atoms with Gasteiger partial charge in [-0.3, -0.25) is 14.9 Å². The molecule has 0 radical (unpaired) electrons. The summed E-state index contributed by atoms with van der Waals surface area (Å²) in [5, 5.41) is 7.56. The molecule has 1 unspecified atom stereocenters. The predicted molar refractivity (Wildman–Crippen MR) is 101 cm³/mol. The minimum absolute atomic E-state index is 0.191. The first-order valence-electron chi connectivity index (χ1n) is 8.57. The Bertz CT molecular complexity index is 1020. The van der Waals surface area contributed by atoms with Gasteiger partial charge < -0.3 is 20.1 Å². The number of carbonyl (C=O) groups excluding carboxylic acids is 3. The van der Waals surface area contributed by atoms with Gasteiger partial charge >= 0.3 is 6.03 Å². The molecular weight excluding hydrogens is 362 g/mol. The molecule has 2 aliphatic heterocycles. The quantitative estimate of drug-likeness (QED) is 0.557. The van der Waals surface area contributed by atoms with E-state index in [0.717, 1.165) is 5.56 Å². The van der Waals surface area contributed by atoms with E-state index >= 15 is 0 Å². The van der Waals surface area contributed by atoms with Crippen LogP contribution in [0, 0.1) is 0 Å². The first kappa shape index (κ1) is 17.6. The molecule has 3 N–H and O–H groups in total. The highest BCUT2D eigenvalue weighted by molar-refractivity contribution is 6.07. The summed E-state index contributed by atoms with van der Waals surface area (Å²) in [6.07, 6.45) is 3.06. The van der Waals surface area contributed by atoms with E-state index in [-0.39, 0.29) is 12.7 Å². The van der Waals surface area contributed by atoms with Gasteiger partial charge in [-0.25, -0.2) is 4.79 Å². The number of rotatable bonds is 4. The molecule has 2 aliphatic rings. The highest BCUT2D eigenvalue weighted by Crippen LogP contribution is 2.32.